The van der Waals surface area contributed by atoms with Crippen LogP contribution in [0.3, 0.4) is 0 Å². The molecule has 2 amide bonds. The van der Waals surface area contributed by atoms with Crippen molar-refractivity contribution < 1.29 is 14.3 Å². The van der Waals surface area contributed by atoms with Crippen LogP contribution in [0.5, 0.6) is 0 Å². The number of hydrogen-bond acceptors (Lipinski definition) is 5. The van der Waals surface area contributed by atoms with E-state index in [2.05, 4.69) is 15.1 Å². The Kier molecular flexibility index (Phi) is 6.69. The van der Waals surface area contributed by atoms with Crippen LogP contribution in [0.4, 0.5) is 0 Å². The van der Waals surface area contributed by atoms with Crippen molar-refractivity contribution >= 4 is 34.9 Å². The molecule has 176 valence electrons. The first kappa shape index (κ1) is 22.3. The lowest BCUT2D eigenvalue weighted by atomic mass is 10.1. The molecule has 0 atom stereocenters. The van der Waals surface area contributed by atoms with E-state index in [4.69, 9.17) is 4.74 Å². The summed E-state index contributed by atoms with van der Waals surface area (Å²) in [6.45, 7) is 5.65. The van der Waals surface area contributed by atoms with Gasteiger partial charge in [0.25, 0.3) is 5.91 Å². The van der Waals surface area contributed by atoms with Crippen LogP contribution in [-0.2, 0) is 9.53 Å². The van der Waals surface area contributed by atoms with E-state index in [-0.39, 0.29) is 11.8 Å². The standard InChI is InChI=1S/C26H29N5O3/c32-25(30-15-17-34-18-16-30)19-29-11-13-31(14-12-29)26(33)21-8-5-20(6-9-21)7-10-24-22-3-1-2-4-23(22)27-28-24/h1-10H,11-19H2,(H,27,28). The number of aromatic amines is 1. The Hall–Kier alpha value is -3.49. The third-order valence-corrected chi connectivity index (χ3v) is 6.47. The Morgan fingerprint density at radius 2 is 1.62 bits per heavy atom. The predicted molar refractivity (Wildman–Crippen MR) is 131 cm³/mol. The van der Waals surface area contributed by atoms with Gasteiger partial charge < -0.3 is 14.5 Å². The molecule has 0 aliphatic carbocycles. The lowest BCUT2D eigenvalue weighted by Crippen LogP contribution is -2.52. The van der Waals surface area contributed by atoms with Gasteiger partial charge in [0.2, 0.25) is 5.91 Å². The number of morpholine rings is 1. The molecule has 3 aromatic rings. The Labute approximate surface area is 198 Å². The molecule has 3 heterocycles. The number of H-pyrrole nitrogens is 1. The van der Waals surface area contributed by atoms with Gasteiger partial charge in [-0.25, -0.2) is 0 Å². The minimum absolute atomic E-state index is 0.0352. The summed E-state index contributed by atoms with van der Waals surface area (Å²) in [6, 6.07) is 15.7. The number of carbonyl (C=O) groups excluding carboxylic acids is 2. The molecular weight excluding hydrogens is 430 g/mol. The van der Waals surface area contributed by atoms with Crippen molar-refractivity contribution in [3.63, 3.8) is 0 Å². The molecule has 2 saturated heterocycles. The molecule has 0 spiro atoms. The highest BCUT2D eigenvalue weighted by molar-refractivity contribution is 5.95. The summed E-state index contributed by atoms with van der Waals surface area (Å²) in [6.07, 6.45) is 3.98. The van der Waals surface area contributed by atoms with Crippen LogP contribution in [0.25, 0.3) is 23.1 Å². The van der Waals surface area contributed by atoms with Gasteiger partial charge in [0.1, 0.15) is 0 Å². The van der Waals surface area contributed by atoms with Crippen molar-refractivity contribution in [2.45, 2.75) is 0 Å². The zero-order valence-electron chi connectivity index (χ0n) is 19.2. The molecule has 0 bridgehead atoms. The third kappa shape index (κ3) is 5.03. The molecule has 8 heteroatoms. The van der Waals surface area contributed by atoms with Gasteiger partial charge in [-0.15, -0.1) is 0 Å². The number of carbonyl (C=O) groups is 2. The van der Waals surface area contributed by atoms with E-state index in [1.165, 1.54) is 0 Å². The number of ether oxygens (including phenoxy) is 1. The highest BCUT2D eigenvalue weighted by Gasteiger charge is 2.25. The number of benzene rings is 2. The Morgan fingerprint density at radius 3 is 2.38 bits per heavy atom. The fourth-order valence-electron chi connectivity index (χ4n) is 4.42. The number of amides is 2. The van der Waals surface area contributed by atoms with Gasteiger partial charge in [0, 0.05) is 50.2 Å². The summed E-state index contributed by atoms with van der Waals surface area (Å²) >= 11 is 0. The molecule has 8 nitrogen and oxygen atoms in total. The fourth-order valence-corrected chi connectivity index (χ4v) is 4.42. The minimum atomic E-state index is 0.0352. The van der Waals surface area contributed by atoms with Gasteiger partial charge in [-0.05, 0) is 29.8 Å². The average Bonchev–Trinajstić information content (AvgIpc) is 3.31. The fraction of sp³-hybridized carbons (Fsp3) is 0.346. The first-order valence-corrected chi connectivity index (χ1v) is 11.8. The lowest BCUT2D eigenvalue weighted by Gasteiger charge is -2.36. The summed E-state index contributed by atoms with van der Waals surface area (Å²) in [4.78, 5) is 31.3. The highest BCUT2D eigenvalue weighted by Crippen LogP contribution is 2.18. The van der Waals surface area contributed by atoms with Crippen molar-refractivity contribution in [2.24, 2.45) is 0 Å². The van der Waals surface area contributed by atoms with Crippen LogP contribution >= 0.6 is 0 Å². The van der Waals surface area contributed by atoms with Crippen molar-refractivity contribution in [2.75, 3.05) is 59.0 Å². The second-order valence-corrected chi connectivity index (χ2v) is 8.67. The summed E-state index contributed by atoms with van der Waals surface area (Å²) in [5.41, 5.74) is 3.59. The van der Waals surface area contributed by atoms with E-state index in [1.54, 1.807) is 0 Å². The zero-order valence-corrected chi connectivity index (χ0v) is 19.2. The topological polar surface area (TPSA) is 81.8 Å². The number of rotatable bonds is 5. The maximum absolute atomic E-state index is 13.0. The van der Waals surface area contributed by atoms with E-state index in [9.17, 15) is 9.59 Å². The minimum Gasteiger partial charge on any atom is -0.378 e. The number of nitrogens with zero attached hydrogens (tertiary/aromatic N) is 4. The van der Waals surface area contributed by atoms with Crippen LogP contribution in [0.1, 0.15) is 21.6 Å². The summed E-state index contributed by atoms with van der Waals surface area (Å²) in [7, 11) is 0. The molecule has 1 N–H and O–H groups in total. The monoisotopic (exact) mass is 459 g/mol. The molecule has 0 radical (unpaired) electrons. The number of hydrogen-bond donors (Lipinski definition) is 1. The Morgan fingerprint density at radius 1 is 0.882 bits per heavy atom. The van der Waals surface area contributed by atoms with Crippen LogP contribution < -0.4 is 0 Å². The second kappa shape index (κ2) is 10.2. The molecule has 0 unspecified atom stereocenters. The molecule has 1 aromatic heterocycles. The maximum atomic E-state index is 13.0. The molecule has 34 heavy (non-hydrogen) atoms. The molecule has 2 aliphatic rings. The van der Waals surface area contributed by atoms with Crippen molar-refractivity contribution in [3.05, 3.63) is 65.4 Å². The first-order valence-electron chi connectivity index (χ1n) is 11.8. The SMILES string of the molecule is O=C(CN1CCN(C(=O)c2ccc(C=Cc3n[nH]c4ccccc34)cc2)CC1)N1CCOCC1. The van der Waals surface area contributed by atoms with Crippen LogP contribution in [0.2, 0.25) is 0 Å². The van der Waals surface area contributed by atoms with E-state index in [1.807, 2.05) is 70.5 Å². The molecular formula is C26H29N5O3. The van der Waals surface area contributed by atoms with Gasteiger partial charge in [0.05, 0.1) is 31.0 Å². The normalized spacial score (nSPS) is 17.5. The van der Waals surface area contributed by atoms with Crippen LogP contribution in [0, 0.1) is 0 Å². The van der Waals surface area contributed by atoms with Gasteiger partial charge in [-0.3, -0.25) is 19.6 Å². The van der Waals surface area contributed by atoms with Crippen LogP contribution in [0.15, 0.2) is 48.5 Å². The predicted octanol–water partition coefficient (Wildman–Crippen LogP) is 2.35. The highest BCUT2D eigenvalue weighted by atomic mass is 16.5. The average molecular weight is 460 g/mol. The number of para-hydroxylation sites is 1. The second-order valence-electron chi connectivity index (χ2n) is 8.67. The smallest absolute Gasteiger partial charge is 0.253 e. The van der Waals surface area contributed by atoms with E-state index in [0.717, 1.165) is 22.2 Å². The van der Waals surface area contributed by atoms with Crippen molar-refractivity contribution in [1.82, 2.24) is 24.9 Å². The van der Waals surface area contributed by atoms with E-state index in [0.29, 0.717) is 64.6 Å². The molecule has 2 aliphatic heterocycles. The lowest BCUT2D eigenvalue weighted by molar-refractivity contribution is -0.136. The number of piperazine rings is 1. The first-order chi connectivity index (χ1) is 16.7. The van der Waals surface area contributed by atoms with Gasteiger partial charge in [-0.1, -0.05) is 36.4 Å². The summed E-state index contributed by atoms with van der Waals surface area (Å²) in [5.74, 6) is 0.183. The molecule has 2 fully saturated rings. The van der Waals surface area contributed by atoms with Gasteiger partial charge in [0.15, 0.2) is 0 Å². The number of nitrogens with one attached hydrogen (secondary N) is 1. The summed E-state index contributed by atoms with van der Waals surface area (Å²) < 4.78 is 5.32. The van der Waals surface area contributed by atoms with E-state index < -0.39 is 0 Å². The Bertz CT molecular complexity index is 1170. The number of fused-ring (bicyclic) bond motifs is 1. The molecule has 2 aromatic carbocycles. The van der Waals surface area contributed by atoms with Crippen LogP contribution in [-0.4, -0.2) is 95.7 Å². The molecule has 0 saturated carbocycles. The van der Waals surface area contributed by atoms with Gasteiger partial charge in [-0.2, -0.15) is 5.10 Å². The quantitative estimate of drug-likeness (QED) is 0.634. The number of aromatic nitrogens is 2. The maximum Gasteiger partial charge on any atom is 0.253 e. The summed E-state index contributed by atoms with van der Waals surface area (Å²) in [5, 5.41) is 8.48. The Balaban J connectivity index is 1.14. The van der Waals surface area contributed by atoms with Crippen molar-refractivity contribution in [1.29, 1.82) is 0 Å². The largest absolute Gasteiger partial charge is 0.378 e. The third-order valence-electron chi connectivity index (χ3n) is 6.47. The van der Waals surface area contributed by atoms with Crippen molar-refractivity contribution in [3.8, 4) is 0 Å². The molecule has 5 rings (SSSR count). The van der Waals surface area contributed by atoms with Gasteiger partial charge >= 0.3 is 0 Å². The zero-order chi connectivity index (χ0) is 23.3. The van der Waals surface area contributed by atoms with E-state index >= 15 is 0 Å².